The molecule has 7 nitrogen and oxygen atoms in total. The van der Waals surface area contributed by atoms with E-state index in [1.807, 2.05) is 6.92 Å². The summed E-state index contributed by atoms with van der Waals surface area (Å²) in [6, 6.07) is -1.60. The van der Waals surface area contributed by atoms with Crippen molar-refractivity contribution in [3.05, 3.63) is 0 Å². The number of urea groups is 1. The van der Waals surface area contributed by atoms with Crippen molar-refractivity contribution in [3.63, 3.8) is 0 Å². The van der Waals surface area contributed by atoms with Gasteiger partial charge in [-0.05, 0) is 5.92 Å². The third-order valence-corrected chi connectivity index (χ3v) is 2.50. The topological polar surface area (TPSA) is 113 Å². The summed E-state index contributed by atoms with van der Waals surface area (Å²) in [7, 11) is 1.37. The minimum absolute atomic E-state index is 0.196. The summed E-state index contributed by atoms with van der Waals surface area (Å²) >= 11 is 0. The summed E-state index contributed by atoms with van der Waals surface area (Å²) in [6.07, 6.45) is 0.622. The van der Waals surface area contributed by atoms with E-state index in [4.69, 9.17) is 10.8 Å². The SMILES string of the molecule is CCC(C)C(NC(=O)N(C)CC(N)=O)C(=O)O. The molecule has 0 rings (SSSR count). The Balaban J connectivity index is 4.50. The first-order valence-electron chi connectivity index (χ1n) is 5.32. The summed E-state index contributed by atoms with van der Waals surface area (Å²) in [6.45, 7) is 3.31. The van der Waals surface area contributed by atoms with Gasteiger partial charge in [0, 0.05) is 7.05 Å². The molecule has 0 saturated heterocycles. The Bertz CT molecular complexity index is 306. The number of amides is 3. The molecule has 0 heterocycles. The van der Waals surface area contributed by atoms with Gasteiger partial charge >= 0.3 is 12.0 Å². The first kappa shape index (κ1) is 15.2. The fourth-order valence-corrected chi connectivity index (χ4v) is 1.23. The second-order valence-electron chi connectivity index (χ2n) is 3.97. The van der Waals surface area contributed by atoms with Crippen LogP contribution in [0, 0.1) is 5.92 Å². The number of carbonyl (C=O) groups is 3. The maximum absolute atomic E-state index is 11.6. The van der Waals surface area contributed by atoms with E-state index in [0.717, 1.165) is 4.90 Å². The van der Waals surface area contributed by atoms with E-state index < -0.39 is 23.9 Å². The third-order valence-electron chi connectivity index (χ3n) is 2.50. The van der Waals surface area contributed by atoms with Gasteiger partial charge in [0.15, 0.2) is 0 Å². The largest absolute Gasteiger partial charge is 0.480 e. The van der Waals surface area contributed by atoms with Crippen molar-refractivity contribution in [1.29, 1.82) is 0 Å². The van der Waals surface area contributed by atoms with Crippen molar-refractivity contribution in [3.8, 4) is 0 Å². The van der Waals surface area contributed by atoms with E-state index in [1.54, 1.807) is 6.92 Å². The smallest absolute Gasteiger partial charge is 0.326 e. The molecule has 0 radical (unpaired) electrons. The molecule has 0 saturated carbocycles. The normalized spacial score (nSPS) is 13.6. The second kappa shape index (κ2) is 6.72. The second-order valence-corrected chi connectivity index (χ2v) is 3.97. The molecule has 3 amide bonds. The number of carboxylic acids is 1. The van der Waals surface area contributed by atoms with Gasteiger partial charge in [-0.2, -0.15) is 0 Å². The monoisotopic (exact) mass is 245 g/mol. The van der Waals surface area contributed by atoms with Crippen molar-refractivity contribution in [2.24, 2.45) is 11.7 Å². The third kappa shape index (κ3) is 5.19. The van der Waals surface area contributed by atoms with Gasteiger partial charge in [0.05, 0.1) is 0 Å². The molecule has 98 valence electrons. The van der Waals surface area contributed by atoms with Gasteiger partial charge in [0.25, 0.3) is 0 Å². The quantitative estimate of drug-likeness (QED) is 0.591. The Hall–Kier alpha value is -1.79. The Kier molecular flexibility index (Phi) is 6.01. The van der Waals surface area contributed by atoms with E-state index in [0.29, 0.717) is 6.42 Å². The molecule has 0 fully saturated rings. The Morgan fingerprint density at radius 2 is 1.94 bits per heavy atom. The molecule has 0 aliphatic heterocycles. The van der Waals surface area contributed by atoms with Crippen LogP contribution in [0.5, 0.6) is 0 Å². The minimum Gasteiger partial charge on any atom is -0.480 e. The van der Waals surface area contributed by atoms with Crippen molar-refractivity contribution < 1.29 is 19.5 Å². The van der Waals surface area contributed by atoms with Gasteiger partial charge in [-0.15, -0.1) is 0 Å². The van der Waals surface area contributed by atoms with E-state index in [2.05, 4.69) is 5.32 Å². The molecular weight excluding hydrogens is 226 g/mol. The summed E-state index contributed by atoms with van der Waals surface area (Å²) < 4.78 is 0. The van der Waals surface area contributed by atoms with Crippen LogP contribution in [0.15, 0.2) is 0 Å². The van der Waals surface area contributed by atoms with Crippen LogP contribution in [0.1, 0.15) is 20.3 Å². The van der Waals surface area contributed by atoms with E-state index >= 15 is 0 Å². The van der Waals surface area contributed by atoms with E-state index in [-0.39, 0.29) is 12.5 Å². The molecule has 0 spiro atoms. The molecule has 0 aliphatic rings. The fraction of sp³-hybridized carbons (Fsp3) is 0.700. The van der Waals surface area contributed by atoms with Crippen LogP contribution in [0.2, 0.25) is 0 Å². The van der Waals surface area contributed by atoms with Crippen LogP contribution < -0.4 is 11.1 Å². The fourth-order valence-electron chi connectivity index (χ4n) is 1.23. The number of hydrogen-bond donors (Lipinski definition) is 3. The number of carbonyl (C=O) groups excluding carboxylic acids is 2. The molecule has 7 heteroatoms. The molecule has 0 bridgehead atoms. The highest BCUT2D eigenvalue weighted by atomic mass is 16.4. The molecule has 0 aromatic carbocycles. The lowest BCUT2D eigenvalue weighted by Crippen LogP contribution is -2.50. The van der Waals surface area contributed by atoms with Gasteiger partial charge in [0.2, 0.25) is 5.91 Å². The van der Waals surface area contributed by atoms with Gasteiger partial charge in [-0.25, -0.2) is 9.59 Å². The number of rotatable bonds is 6. The molecular formula is C10H19N3O4. The zero-order valence-corrected chi connectivity index (χ0v) is 10.3. The van der Waals surface area contributed by atoms with E-state index in [9.17, 15) is 14.4 Å². The number of carboxylic acid groups (broad SMARTS) is 1. The lowest BCUT2D eigenvalue weighted by Gasteiger charge is -2.23. The number of likely N-dealkylation sites (N-methyl/N-ethyl adjacent to an activating group) is 1. The standard InChI is InChI=1S/C10H19N3O4/c1-4-6(2)8(9(15)16)12-10(17)13(3)5-7(11)14/h6,8H,4-5H2,1-3H3,(H2,11,14)(H,12,17)(H,15,16). The maximum Gasteiger partial charge on any atom is 0.326 e. The summed E-state index contributed by atoms with van der Waals surface area (Å²) in [5.74, 6) is -1.95. The summed E-state index contributed by atoms with van der Waals surface area (Å²) in [4.78, 5) is 34.2. The maximum atomic E-state index is 11.6. The Morgan fingerprint density at radius 1 is 1.41 bits per heavy atom. The highest BCUT2D eigenvalue weighted by Crippen LogP contribution is 2.08. The Morgan fingerprint density at radius 3 is 2.29 bits per heavy atom. The van der Waals surface area contributed by atoms with Crippen molar-refractivity contribution in [2.75, 3.05) is 13.6 Å². The molecule has 0 aliphatic carbocycles. The number of primary amides is 1. The van der Waals surface area contributed by atoms with Gasteiger partial charge in [-0.3, -0.25) is 4.79 Å². The summed E-state index contributed by atoms with van der Waals surface area (Å²) in [5.41, 5.74) is 4.93. The Labute approximate surface area is 100.0 Å². The van der Waals surface area contributed by atoms with Crippen LogP contribution in [-0.2, 0) is 9.59 Å². The van der Waals surface area contributed by atoms with E-state index in [1.165, 1.54) is 7.05 Å². The zero-order valence-electron chi connectivity index (χ0n) is 10.3. The zero-order chi connectivity index (χ0) is 13.6. The molecule has 0 aromatic rings. The van der Waals surface area contributed by atoms with Crippen molar-refractivity contribution in [1.82, 2.24) is 10.2 Å². The number of nitrogens with zero attached hydrogens (tertiary/aromatic N) is 1. The lowest BCUT2D eigenvalue weighted by atomic mass is 9.99. The molecule has 17 heavy (non-hydrogen) atoms. The molecule has 2 atom stereocenters. The number of nitrogens with one attached hydrogen (secondary N) is 1. The van der Waals surface area contributed by atoms with Crippen LogP contribution in [0.25, 0.3) is 0 Å². The lowest BCUT2D eigenvalue weighted by molar-refractivity contribution is -0.140. The van der Waals surface area contributed by atoms with Gasteiger partial charge in [0.1, 0.15) is 12.6 Å². The molecule has 0 aromatic heterocycles. The predicted molar refractivity (Wildman–Crippen MR) is 61.2 cm³/mol. The highest BCUT2D eigenvalue weighted by Gasteiger charge is 2.26. The first-order chi connectivity index (χ1) is 7.79. The van der Waals surface area contributed by atoms with Crippen LogP contribution in [0.4, 0.5) is 4.79 Å². The summed E-state index contributed by atoms with van der Waals surface area (Å²) in [5, 5.41) is 11.3. The highest BCUT2D eigenvalue weighted by molar-refractivity contribution is 5.86. The molecule has 4 N–H and O–H groups in total. The first-order valence-corrected chi connectivity index (χ1v) is 5.32. The van der Waals surface area contributed by atoms with Crippen LogP contribution >= 0.6 is 0 Å². The van der Waals surface area contributed by atoms with Crippen LogP contribution in [0.3, 0.4) is 0 Å². The predicted octanol–water partition coefficient (Wildman–Crippen LogP) is -0.388. The minimum atomic E-state index is -1.10. The van der Waals surface area contributed by atoms with Crippen molar-refractivity contribution >= 4 is 17.9 Å². The van der Waals surface area contributed by atoms with Gasteiger partial charge in [-0.1, -0.05) is 20.3 Å². The molecule has 2 unspecified atom stereocenters. The number of nitrogens with two attached hydrogens (primary N) is 1. The number of aliphatic carboxylic acids is 1. The average molecular weight is 245 g/mol. The van der Waals surface area contributed by atoms with Crippen LogP contribution in [-0.4, -0.2) is 47.5 Å². The van der Waals surface area contributed by atoms with Crippen molar-refractivity contribution in [2.45, 2.75) is 26.3 Å². The average Bonchev–Trinajstić information content (AvgIpc) is 2.22. The number of hydrogen-bond acceptors (Lipinski definition) is 3. The van der Waals surface area contributed by atoms with Gasteiger partial charge < -0.3 is 21.1 Å².